The average molecular weight is 750 g/mol. The van der Waals surface area contributed by atoms with E-state index >= 15 is 0 Å². The molecule has 7 amide bonds. The molecule has 15 nitrogen and oxygen atoms in total. The molecule has 1 aliphatic heterocycles. The minimum atomic E-state index is -1.09. The molecule has 0 spiro atoms. The first-order valence-corrected chi connectivity index (χ1v) is 18.5. The molecule has 3 rings (SSSR count). The van der Waals surface area contributed by atoms with Gasteiger partial charge in [-0.15, -0.1) is 0 Å². The van der Waals surface area contributed by atoms with Crippen molar-refractivity contribution in [3.8, 4) is 0 Å². The number of primary amides is 1. The van der Waals surface area contributed by atoms with Crippen molar-refractivity contribution in [3.05, 3.63) is 71.8 Å². The number of carbonyl (C=O) groups excluding carboxylic acids is 7. The monoisotopic (exact) mass is 749 g/mol. The molecule has 1 heterocycles. The third kappa shape index (κ3) is 16.9. The number of nitrogens with one attached hydrogen (secondary N) is 6. The molecule has 2 aromatic carbocycles. The number of benzene rings is 2. The molecule has 1 aliphatic rings. The second-order valence-corrected chi connectivity index (χ2v) is 14.4. The average Bonchev–Trinajstić information content (AvgIpc) is 3.09. The van der Waals surface area contributed by atoms with Crippen LogP contribution in [0.15, 0.2) is 60.7 Å². The van der Waals surface area contributed by atoms with Crippen LogP contribution < -0.4 is 37.6 Å². The maximum atomic E-state index is 13.8. The zero-order valence-corrected chi connectivity index (χ0v) is 31.4. The standard InChI is InChI=1S/C39H55N7O8/c1-39(2,3)54-38(53)46-30-19-11-13-21-42-33(48)25-32(47)41-20-12-10-18-29(35(40)50)45-37(52)31(23-27-16-8-5-9-17-27)44-34(49)24-28(43-36(30)51)22-26-14-6-4-7-15-26/h4-9,14-17,28-31H,10-13,18-25H2,1-3H3,(H2,40,50)(H,41,47)(H,42,48)(H,43,51)(H,44,49)(H,45,52)(H,46,53)/t28?,29-,30-,31-/m0/s1. The Bertz CT molecular complexity index is 1570. The van der Waals surface area contributed by atoms with Crippen molar-refractivity contribution in [2.45, 2.75) is 115 Å². The summed E-state index contributed by atoms with van der Waals surface area (Å²) in [5.74, 6) is -3.38. The summed E-state index contributed by atoms with van der Waals surface area (Å²) >= 11 is 0. The highest BCUT2D eigenvalue weighted by molar-refractivity contribution is 5.97. The summed E-state index contributed by atoms with van der Waals surface area (Å²) in [4.78, 5) is 91.1. The first kappa shape index (κ1) is 42.9. The molecule has 0 radical (unpaired) electrons. The molecule has 0 saturated carbocycles. The number of rotatable bonds is 6. The van der Waals surface area contributed by atoms with Gasteiger partial charge in [0.25, 0.3) is 0 Å². The fourth-order valence-electron chi connectivity index (χ4n) is 5.86. The van der Waals surface area contributed by atoms with E-state index < -0.39 is 71.3 Å². The van der Waals surface area contributed by atoms with Crippen LogP contribution in [0.5, 0.6) is 0 Å². The van der Waals surface area contributed by atoms with E-state index in [0.29, 0.717) is 25.7 Å². The molecule has 1 unspecified atom stereocenters. The van der Waals surface area contributed by atoms with E-state index in [0.717, 1.165) is 11.1 Å². The lowest BCUT2D eigenvalue weighted by Gasteiger charge is -2.26. The number of nitrogens with two attached hydrogens (primary N) is 1. The summed E-state index contributed by atoms with van der Waals surface area (Å²) in [5.41, 5.74) is 6.42. The van der Waals surface area contributed by atoms with Crippen LogP contribution in [0.3, 0.4) is 0 Å². The van der Waals surface area contributed by atoms with E-state index in [1.807, 2.05) is 48.5 Å². The van der Waals surface area contributed by atoms with Gasteiger partial charge in [0.05, 0.1) is 0 Å². The predicted octanol–water partition coefficient (Wildman–Crippen LogP) is 1.67. The maximum absolute atomic E-state index is 13.8. The van der Waals surface area contributed by atoms with E-state index in [1.165, 1.54) is 0 Å². The van der Waals surface area contributed by atoms with Crippen LogP contribution in [0.1, 0.15) is 83.3 Å². The molecular formula is C39H55N7O8. The van der Waals surface area contributed by atoms with Crippen LogP contribution in [0, 0.1) is 0 Å². The highest BCUT2D eigenvalue weighted by Crippen LogP contribution is 2.12. The van der Waals surface area contributed by atoms with Gasteiger partial charge in [-0.2, -0.15) is 0 Å². The lowest BCUT2D eigenvalue weighted by atomic mass is 10.00. The van der Waals surface area contributed by atoms with Crippen LogP contribution in [-0.4, -0.2) is 84.4 Å². The zero-order chi connectivity index (χ0) is 39.5. The van der Waals surface area contributed by atoms with Gasteiger partial charge in [-0.3, -0.25) is 28.8 Å². The van der Waals surface area contributed by atoms with Crippen molar-refractivity contribution in [1.29, 1.82) is 0 Å². The third-order valence-electron chi connectivity index (χ3n) is 8.51. The zero-order valence-electron chi connectivity index (χ0n) is 31.4. The molecule has 294 valence electrons. The second-order valence-electron chi connectivity index (χ2n) is 14.4. The molecule has 0 aliphatic carbocycles. The Morgan fingerprint density at radius 1 is 0.722 bits per heavy atom. The number of hydrogen-bond donors (Lipinski definition) is 7. The molecule has 2 aromatic rings. The van der Waals surface area contributed by atoms with Crippen molar-refractivity contribution in [1.82, 2.24) is 31.9 Å². The summed E-state index contributed by atoms with van der Waals surface area (Å²) in [6.45, 7) is 5.59. The van der Waals surface area contributed by atoms with Crippen LogP contribution in [-0.2, 0) is 46.3 Å². The Morgan fingerprint density at radius 3 is 1.83 bits per heavy atom. The Morgan fingerprint density at radius 2 is 1.28 bits per heavy atom. The van der Waals surface area contributed by atoms with Gasteiger partial charge in [-0.1, -0.05) is 60.7 Å². The van der Waals surface area contributed by atoms with Crippen LogP contribution in [0.25, 0.3) is 0 Å². The van der Waals surface area contributed by atoms with Gasteiger partial charge < -0.3 is 42.4 Å². The van der Waals surface area contributed by atoms with E-state index in [-0.39, 0.29) is 51.6 Å². The Hall–Kier alpha value is -5.47. The molecule has 15 heteroatoms. The molecular weight excluding hydrogens is 694 g/mol. The van der Waals surface area contributed by atoms with Gasteiger partial charge in [-0.05, 0) is 76.8 Å². The Labute approximate surface area is 316 Å². The van der Waals surface area contributed by atoms with Crippen molar-refractivity contribution in [3.63, 3.8) is 0 Å². The van der Waals surface area contributed by atoms with Crippen molar-refractivity contribution >= 4 is 41.5 Å². The molecule has 0 bridgehead atoms. The predicted molar refractivity (Wildman–Crippen MR) is 201 cm³/mol. The van der Waals surface area contributed by atoms with Gasteiger partial charge >= 0.3 is 6.09 Å². The summed E-state index contributed by atoms with van der Waals surface area (Å²) in [7, 11) is 0. The van der Waals surface area contributed by atoms with E-state index in [4.69, 9.17) is 10.5 Å². The smallest absolute Gasteiger partial charge is 0.408 e. The van der Waals surface area contributed by atoms with E-state index in [2.05, 4.69) is 31.9 Å². The van der Waals surface area contributed by atoms with Crippen LogP contribution in [0.2, 0.25) is 0 Å². The Kier molecular flexibility index (Phi) is 17.4. The third-order valence-corrected chi connectivity index (χ3v) is 8.51. The van der Waals surface area contributed by atoms with Crippen LogP contribution >= 0.6 is 0 Å². The number of amides is 7. The first-order chi connectivity index (χ1) is 25.7. The normalized spacial score (nSPS) is 22.2. The van der Waals surface area contributed by atoms with Gasteiger partial charge in [0.2, 0.25) is 35.4 Å². The summed E-state index contributed by atoms with van der Waals surface area (Å²) in [6, 6.07) is 14.4. The van der Waals surface area contributed by atoms with E-state index in [9.17, 15) is 33.6 Å². The largest absolute Gasteiger partial charge is 0.444 e. The van der Waals surface area contributed by atoms with Crippen molar-refractivity contribution < 1.29 is 38.3 Å². The highest BCUT2D eigenvalue weighted by Gasteiger charge is 2.30. The number of ether oxygens (including phenoxy) is 1. The van der Waals surface area contributed by atoms with Gasteiger partial charge in [-0.25, -0.2) is 4.79 Å². The minimum Gasteiger partial charge on any atom is -0.444 e. The highest BCUT2D eigenvalue weighted by atomic mass is 16.6. The SMILES string of the molecule is CC(C)(C)OC(=O)N[C@H]1CCCCNC(=O)CC(=O)NCCCC[C@@H](C(N)=O)NC(=O)[C@H](Cc2ccccc2)NC(=O)CC(Cc2ccccc2)NC1=O. The maximum Gasteiger partial charge on any atom is 0.408 e. The van der Waals surface area contributed by atoms with Gasteiger partial charge in [0, 0.05) is 32.0 Å². The molecule has 1 fully saturated rings. The summed E-state index contributed by atoms with van der Waals surface area (Å²) in [5, 5.41) is 16.4. The lowest BCUT2D eigenvalue weighted by molar-refractivity contribution is -0.132. The minimum absolute atomic E-state index is 0.112. The summed E-state index contributed by atoms with van der Waals surface area (Å²) in [6.07, 6.45) is 1.14. The number of alkyl carbamates (subject to hydrolysis) is 1. The molecule has 54 heavy (non-hydrogen) atoms. The van der Waals surface area contributed by atoms with Crippen molar-refractivity contribution in [2.24, 2.45) is 5.73 Å². The van der Waals surface area contributed by atoms with E-state index in [1.54, 1.807) is 32.9 Å². The topological polar surface area (TPSA) is 227 Å². The molecule has 4 atom stereocenters. The molecule has 8 N–H and O–H groups in total. The first-order valence-electron chi connectivity index (χ1n) is 18.5. The van der Waals surface area contributed by atoms with Gasteiger partial charge in [0.15, 0.2) is 0 Å². The second kappa shape index (κ2) is 21.9. The molecule has 0 aromatic heterocycles. The fourth-order valence-corrected chi connectivity index (χ4v) is 5.86. The number of hydrogen-bond acceptors (Lipinski definition) is 8. The fraction of sp³-hybridized carbons (Fsp3) is 0.513. The summed E-state index contributed by atoms with van der Waals surface area (Å²) < 4.78 is 5.41. The quantitative estimate of drug-likeness (QED) is 0.215. The van der Waals surface area contributed by atoms with Gasteiger partial charge in [0.1, 0.15) is 30.1 Å². The molecule has 1 saturated heterocycles. The number of carbonyl (C=O) groups is 7. The lowest BCUT2D eigenvalue weighted by Crippen LogP contribution is -2.55. The Balaban J connectivity index is 1.90. The van der Waals surface area contributed by atoms with Crippen molar-refractivity contribution in [2.75, 3.05) is 13.1 Å². The van der Waals surface area contributed by atoms with Crippen LogP contribution in [0.4, 0.5) is 4.79 Å².